The van der Waals surface area contributed by atoms with Gasteiger partial charge in [-0.2, -0.15) is 0 Å². The van der Waals surface area contributed by atoms with Crippen LogP contribution in [0.1, 0.15) is 24.8 Å². The predicted molar refractivity (Wildman–Crippen MR) is 101 cm³/mol. The van der Waals surface area contributed by atoms with Gasteiger partial charge in [0.15, 0.2) is 0 Å². The Morgan fingerprint density at radius 2 is 1.97 bits per heavy atom. The highest BCUT2D eigenvalue weighted by molar-refractivity contribution is 5.79. The summed E-state index contributed by atoms with van der Waals surface area (Å²) in [6.45, 7) is 0.261. The van der Waals surface area contributed by atoms with Crippen LogP contribution in [0.5, 0.6) is 0 Å². The van der Waals surface area contributed by atoms with Crippen LogP contribution in [0.4, 0.5) is 4.79 Å². The Balaban J connectivity index is 1.62. The number of amides is 1. The zero-order chi connectivity index (χ0) is 21.3. The fourth-order valence-corrected chi connectivity index (χ4v) is 2.89. The number of hydrogen-bond acceptors (Lipinski definition) is 8. The summed E-state index contributed by atoms with van der Waals surface area (Å²) >= 11 is 0. The number of aliphatic carboxylic acids is 1. The van der Waals surface area contributed by atoms with Crippen LogP contribution < -0.4 is 10.6 Å². The average molecular weight is 412 g/mol. The topological polar surface area (TPSA) is 158 Å². The summed E-state index contributed by atoms with van der Waals surface area (Å²) in [5.74, 6) is -2.99. The summed E-state index contributed by atoms with van der Waals surface area (Å²) in [5, 5.41) is 43.6. The Kier molecular flexibility index (Phi) is 8.80. The van der Waals surface area contributed by atoms with Gasteiger partial charge in [-0.25, -0.2) is 9.59 Å². The van der Waals surface area contributed by atoms with Crippen molar-refractivity contribution in [2.75, 3.05) is 19.7 Å². The van der Waals surface area contributed by atoms with Crippen molar-refractivity contribution in [1.82, 2.24) is 10.6 Å². The van der Waals surface area contributed by atoms with Crippen LogP contribution in [-0.2, 0) is 20.9 Å². The van der Waals surface area contributed by atoms with E-state index in [4.69, 9.17) is 9.47 Å². The smallest absolute Gasteiger partial charge is 0.408 e. The normalized spacial score (nSPS) is 24.8. The fraction of sp³-hybridized carbons (Fsp3) is 0.579. The lowest BCUT2D eigenvalue weighted by atomic mass is 10.1. The predicted octanol–water partition coefficient (Wildman–Crippen LogP) is -0.433. The Labute approximate surface area is 168 Å². The van der Waals surface area contributed by atoms with Crippen molar-refractivity contribution in [1.29, 1.82) is 0 Å². The quantitative estimate of drug-likeness (QED) is 0.265. The van der Waals surface area contributed by atoms with E-state index in [-0.39, 0.29) is 26.2 Å². The second-order valence-electron chi connectivity index (χ2n) is 6.94. The largest absolute Gasteiger partial charge is 0.480 e. The van der Waals surface area contributed by atoms with Gasteiger partial charge in [0.25, 0.3) is 0 Å². The molecule has 1 aromatic carbocycles. The molecule has 1 saturated heterocycles. The van der Waals surface area contributed by atoms with Crippen LogP contribution in [-0.4, -0.2) is 76.2 Å². The molecule has 1 amide bonds. The molecule has 4 unspecified atom stereocenters. The van der Waals surface area contributed by atoms with Crippen molar-refractivity contribution < 1.29 is 39.5 Å². The summed E-state index contributed by atoms with van der Waals surface area (Å²) in [7, 11) is 0. The number of carbonyl (C=O) groups excluding carboxylic acids is 1. The summed E-state index contributed by atoms with van der Waals surface area (Å²) in [6.07, 6.45) is -2.05. The van der Waals surface area contributed by atoms with Gasteiger partial charge in [-0.15, -0.1) is 0 Å². The molecule has 2 rings (SSSR count). The van der Waals surface area contributed by atoms with Gasteiger partial charge in [0, 0.05) is 0 Å². The second kappa shape index (κ2) is 11.1. The van der Waals surface area contributed by atoms with Crippen molar-refractivity contribution in [2.45, 2.75) is 49.9 Å². The minimum Gasteiger partial charge on any atom is -0.480 e. The minimum atomic E-state index is -1.84. The zero-order valence-electron chi connectivity index (χ0n) is 16.0. The summed E-state index contributed by atoms with van der Waals surface area (Å²) in [5.41, 5.74) is 0.797. The molecule has 1 aromatic rings. The van der Waals surface area contributed by atoms with Crippen LogP contribution in [0.3, 0.4) is 0 Å². The summed E-state index contributed by atoms with van der Waals surface area (Å²) in [6, 6.07) is 7.98. The van der Waals surface area contributed by atoms with Crippen molar-refractivity contribution >= 4 is 12.1 Å². The third-order valence-electron chi connectivity index (χ3n) is 4.61. The van der Waals surface area contributed by atoms with E-state index in [2.05, 4.69) is 10.6 Å². The number of nitrogens with one attached hydrogen (secondary N) is 2. The Bertz CT molecular complexity index is 659. The van der Waals surface area contributed by atoms with Crippen LogP contribution in [0.2, 0.25) is 0 Å². The standard InChI is InChI=1S/C19H28N2O8/c22-15-11-29-19(27,16(15)23)12-20-9-5-4-8-14(17(24)25)21-18(26)28-10-13-6-2-1-3-7-13/h1-3,6-7,14-16,20,22-23,27H,4-5,8-12H2,(H,21,26)(H,24,25). The molecule has 0 aromatic heterocycles. The van der Waals surface area contributed by atoms with Gasteiger partial charge >= 0.3 is 12.1 Å². The number of benzene rings is 1. The molecule has 162 valence electrons. The maximum absolute atomic E-state index is 11.8. The minimum absolute atomic E-state index is 0.0501. The number of ether oxygens (including phenoxy) is 2. The molecule has 1 heterocycles. The molecule has 0 saturated carbocycles. The number of alkyl carbamates (subject to hydrolysis) is 1. The zero-order valence-corrected chi connectivity index (χ0v) is 16.0. The summed E-state index contributed by atoms with van der Waals surface area (Å²) < 4.78 is 10.0. The third kappa shape index (κ3) is 7.26. The van der Waals surface area contributed by atoms with E-state index in [9.17, 15) is 30.0 Å². The molecule has 6 N–H and O–H groups in total. The molecule has 10 heteroatoms. The van der Waals surface area contributed by atoms with Crippen LogP contribution in [0, 0.1) is 0 Å². The van der Waals surface area contributed by atoms with E-state index in [1.165, 1.54) is 0 Å². The SMILES string of the molecule is O=C(NC(CCCCNCC1(O)OCC(O)C1O)C(=O)O)OCc1ccccc1. The number of hydrogen-bond donors (Lipinski definition) is 6. The first-order valence-electron chi connectivity index (χ1n) is 9.45. The highest BCUT2D eigenvalue weighted by atomic mass is 16.7. The maximum atomic E-state index is 11.8. The van der Waals surface area contributed by atoms with Gasteiger partial charge in [0.1, 0.15) is 24.9 Å². The molecule has 1 fully saturated rings. The molecule has 0 bridgehead atoms. The lowest BCUT2D eigenvalue weighted by molar-refractivity contribution is -0.211. The van der Waals surface area contributed by atoms with E-state index in [1.807, 2.05) is 18.2 Å². The molecule has 29 heavy (non-hydrogen) atoms. The number of carbonyl (C=O) groups is 2. The first kappa shape index (κ1) is 23.0. The number of carboxylic acid groups (broad SMARTS) is 1. The first-order valence-corrected chi connectivity index (χ1v) is 9.45. The van der Waals surface area contributed by atoms with E-state index in [0.717, 1.165) is 5.56 Å². The van der Waals surface area contributed by atoms with Gasteiger partial charge in [0.2, 0.25) is 5.79 Å². The van der Waals surface area contributed by atoms with Crippen LogP contribution in [0.25, 0.3) is 0 Å². The lowest BCUT2D eigenvalue weighted by Gasteiger charge is -2.26. The van der Waals surface area contributed by atoms with Crippen LogP contribution >= 0.6 is 0 Å². The molecular formula is C19H28N2O8. The van der Waals surface area contributed by atoms with Crippen molar-refractivity contribution in [2.24, 2.45) is 0 Å². The number of aliphatic hydroxyl groups is 3. The van der Waals surface area contributed by atoms with E-state index >= 15 is 0 Å². The number of carboxylic acids is 1. The first-order chi connectivity index (χ1) is 13.8. The van der Waals surface area contributed by atoms with Gasteiger partial charge in [-0.05, 0) is 31.4 Å². The van der Waals surface area contributed by atoms with Gasteiger partial charge in [-0.1, -0.05) is 30.3 Å². The fourth-order valence-electron chi connectivity index (χ4n) is 2.89. The van der Waals surface area contributed by atoms with Crippen molar-refractivity contribution in [3.8, 4) is 0 Å². The number of unbranched alkanes of at least 4 members (excludes halogenated alkanes) is 1. The highest BCUT2D eigenvalue weighted by Crippen LogP contribution is 2.23. The number of aliphatic hydroxyl groups excluding tert-OH is 2. The highest BCUT2D eigenvalue weighted by Gasteiger charge is 2.47. The van der Waals surface area contributed by atoms with E-state index in [1.54, 1.807) is 12.1 Å². The Morgan fingerprint density at radius 1 is 1.24 bits per heavy atom. The molecule has 10 nitrogen and oxygen atoms in total. The summed E-state index contributed by atoms with van der Waals surface area (Å²) in [4.78, 5) is 23.1. The molecule has 1 aliphatic heterocycles. The monoisotopic (exact) mass is 412 g/mol. The van der Waals surface area contributed by atoms with Gasteiger partial charge in [0.05, 0.1) is 13.2 Å². The maximum Gasteiger partial charge on any atom is 0.408 e. The average Bonchev–Trinajstić information content (AvgIpc) is 2.96. The Morgan fingerprint density at radius 3 is 2.59 bits per heavy atom. The lowest BCUT2D eigenvalue weighted by Crippen LogP contribution is -2.50. The van der Waals surface area contributed by atoms with Gasteiger partial charge < -0.3 is 40.5 Å². The molecule has 4 atom stereocenters. The number of rotatable bonds is 11. The van der Waals surface area contributed by atoms with E-state index in [0.29, 0.717) is 19.4 Å². The van der Waals surface area contributed by atoms with Crippen LogP contribution in [0.15, 0.2) is 30.3 Å². The molecule has 0 radical (unpaired) electrons. The molecule has 0 aliphatic carbocycles. The molecule has 1 aliphatic rings. The van der Waals surface area contributed by atoms with Crippen molar-refractivity contribution in [3.63, 3.8) is 0 Å². The van der Waals surface area contributed by atoms with Gasteiger partial charge in [-0.3, -0.25) is 0 Å². The molecular weight excluding hydrogens is 384 g/mol. The second-order valence-corrected chi connectivity index (χ2v) is 6.94. The van der Waals surface area contributed by atoms with E-state index < -0.39 is 36.1 Å². The van der Waals surface area contributed by atoms with Crippen molar-refractivity contribution in [3.05, 3.63) is 35.9 Å². The Hall–Kier alpha value is -2.24. The third-order valence-corrected chi connectivity index (χ3v) is 4.61. The molecule has 0 spiro atoms.